The number of aryl methyl sites for hydroxylation is 2. The van der Waals surface area contributed by atoms with Gasteiger partial charge in [0.25, 0.3) is 0 Å². The lowest BCUT2D eigenvalue weighted by Crippen LogP contribution is -2.37. The molecule has 0 bridgehead atoms. The summed E-state index contributed by atoms with van der Waals surface area (Å²) in [5.74, 6) is 0.426. The molecule has 4 rings (SSSR count). The molecule has 1 aliphatic rings. The van der Waals surface area contributed by atoms with Gasteiger partial charge >= 0.3 is 0 Å². The molecule has 0 unspecified atom stereocenters. The van der Waals surface area contributed by atoms with Crippen molar-refractivity contribution >= 4 is 5.91 Å². The second-order valence-electron chi connectivity index (χ2n) is 6.68. The van der Waals surface area contributed by atoms with Crippen molar-refractivity contribution in [1.29, 1.82) is 0 Å². The van der Waals surface area contributed by atoms with Crippen molar-refractivity contribution in [2.75, 3.05) is 6.54 Å². The van der Waals surface area contributed by atoms with E-state index >= 15 is 0 Å². The number of rotatable bonds is 3. The van der Waals surface area contributed by atoms with Crippen LogP contribution in [0.4, 0.5) is 4.39 Å². The smallest absolute Gasteiger partial charge is 0.227 e. The highest BCUT2D eigenvalue weighted by molar-refractivity contribution is 5.79. The molecule has 2 aromatic heterocycles. The number of amides is 1. The quantitative estimate of drug-likeness (QED) is 0.760. The Morgan fingerprint density at radius 1 is 1.35 bits per heavy atom. The Hall–Kier alpha value is -2.96. The summed E-state index contributed by atoms with van der Waals surface area (Å²) < 4.78 is 13.4. The van der Waals surface area contributed by atoms with Crippen LogP contribution in [0.3, 0.4) is 0 Å². The number of aromatic amines is 2. The van der Waals surface area contributed by atoms with E-state index in [4.69, 9.17) is 0 Å². The maximum Gasteiger partial charge on any atom is 0.227 e. The summed E-state index contributed by atoms with van der Waals surface area (Å²) in [5.41, 5.74) is 5.34. The molecule has 0 atom stereocenters. The second kappa shape index (κ2) is 6.40. The van der Waals surface area contributed by atoms with E-state index in [9.17, 15) is 9.18 Å². The van der Waals surface area contributed by atoms with Crippen molar-refractivity contribution in [3.05, 3.63) is 58.4 Å². The fourth-order valence-corrected chi connectivity index (χ4v) is 3.38. The Labute approximate surface area is 150 Å². The van der Waals surface area contributed by atoms with Crippen LogP contribution in [0.5, 0.6) is 0 Å². The molecule has 1 aromatic carbocycles. The predicted molar refractivity (Wildman–Crippen MR) is 94.9 cm³/mol. The Balaban J connectivity index is 1.52. The second-order valence-corrected chi connectivity index (χ2v) is 6.68. The number of halogens is 1. The van der Waals surface area contributed by atoms with Crippen molar-refractivity contribution in [3.8, 4) is 11.4 Å². The van der Waals surface area contributed by atoms with Gasteiger partial charge in [-0.1, -0.05) is 12.1 Å². The van der Waals surface area contributed by atoms with Crippen LogP contribution in [0.2, 0.25) is 0 Å². The summed E-state index contributed by atoms with van der Waals surface area (Å²) in [4.78, 5) is 22.4. The number of carbonyl (C=O) groups excluding carboxylic acids is 1. The lowest BCUT2D eigenvalue weighted by Gasteiger charge is -2.26. The molecule has 1 amide bonds. The van der Waals surface area contributed by atoms with Gasteiger partial charge in [-0.2, -0.15) is 5.10 Å². The van der Waals surface area contributed by atoms with Crippen LogP contribution in [0.15, 0.2) is 24.3 Å². The third-order valence-corrected chi connectivity index (χ3v) is 4.89. The zero-order valence-electron chi connectivity index (χ0n) is 14.8. The summed E-state index contributed by atoms with van der Waals surface area (Å²) in [6.45, 7) is 4.96. The molecule has 0 fully saturated rings. The molecule has 6 nitrogen and oxygen atoms in total. The zero-order chi connectivity index (χ0) is 18.3. The Bertz CT molecular complexity index is 955. The largest absolute Gasteiger partial charge is 0.340 e. The minimum absolute atomic E-state index is 0.0742. The van der Waals surface area contributed by atoms with E-state index < -0.39 is 0 Å². The summed E-state index contributed by atoms with van der Waals surface area (Å²) in [6, 6.07) is 6.35. The van der Waals surface area contributed by atoms with E-state index in [1.54, 1.807) is 6.07 Å². The number of hydrogen-bond acceptors (Lipinski definition) is 3. The molecule has 0 spiro atoms. The van der Waals surface area contributed by atoms with Crippen molar-refractivity contribution in [1.82, 2.24) is 25.1 Å². The Kier molecular flexibility index (Phi) is 4.06. The molecule has 0 saturated heterocycles. The zero-order valence-corrected chi connectivity index (χ0v) is 14.8. The van der Waals surface area contributed by atoms with Gasteiger partial charge in [0, 0.05) is 29.8 Å². The fourth-order valence-electron chi connectivity index (χ4n) is 3.38. The number of imidazole rings is 1. The number of H-pyrrole nitrogens is 2. The Morgan fingerprint density at radius 2 is 2.19 bits per heavy atom. The van der Waals surface area contributed by atoms with Gasteiger partial charge in [0.05, 0.1) is 30.0 Å². The normalized spacial score (nSPS) is 13.7. The number of benzene rings is 1. The van der Waals surface area contributed by atoms with Gasteiger partial charge in [0.2, 0.25) is 5.91 Å². The fraction of sp³-hybridized carbons (Fsp3) is 0.316. The summed E-state index contributed by atoms with van der Waals surface area (Å²) in [6.07, 6.45) is 1.03. The highest BCUT2D eigenvalue weighted by atomic mass is 19.1. The highest BCUT2D eigenvalue weighted by Gasteiger charge is 2.25. The first kappa shape index (κ1) is 16.5. The van der Waals surface area contributed by atoms with E-state index in [1.165, 1.54) is 12.1 Å². The minimum atomic E-state index is -0.292. The standard InChI is InChI=1S/C19H20FN5O/c1-11-15(12(2)24-23-11)9-18(26)25-7-6-16-17(10-25)22-19(21-16)13-4-3-5-14(20)8-13/h3-5,8H,6-7,9-10H2,1-2H3,(H,21,22)(H,23,24). The molecule has 26 heavy (non-hydrogen) atoms. The molecule has 7 heteroatoms. The first-order chi connectivity index (χ1) is 12.5. The lowest BCUT2D eigenvalue weighted by atomic mass is 10.1. The van der Waals surface area contributed by atoms with Crippen LogP contribution >= 0.6 is 0 Å². The first-order valence-corrected chi connectivity index (χ1v) is 8.63. The summed E-state index contributed by atoms with van der Waals surface area (Å²) in [5, 5.41) is 7.07. The molecule has 2 N–H and O–H groups in total. The number of fused-ring (bicyclic) bond motifs is 1. The van der Waals surface area contributed by atoms with Crippen LogP contribution < -0.4 is 0 Å². The summed E-state index contributed by atoms with van der Waals surface area (Å²) in [7, 11) is 0. The average Bonchev–Trinajstić information content (AvgIpc) is 3.19. The average molecular weight is 353 g/mol. The van der Waals surface area contributed by atoms with Gasteiger partial charge < -0.3 is 9.88 Å². The van der Waals surface area contributed by atoms with Gasteiger partial charge in [-0.3, -0.25) is 9.89 Å². The first-order valence-electron chi connectivity index (χ1n) is 8.63. The molecule has 0 saturated carbocycles. The molecular weight excluding hydrogens is 333 g/mol. The van der Waals surface area contributed by atoms with E-state index in [2.05, 4.69) is 20.2 Å². The van der Waals surface area contributed by atoms with Gasteiger partial charge in [-0.15, -0.1) is 0 Å². The van der Waals surface area contributed by atoms with Crippen molar-refractivity contribution in [3.63, 3.8) is 0 Å². The highest BCUT2D eigenvalue weighted by Crippen LogP contribution is 2.24. The van der Waals surface area contributed by atoms with Crippen molar-refractivity contribution < 1.29 is 9.18 Å². The molecule has 3 heterocycles. The number of aromatic nitrogens is 4. The molecule has 0 aliphatic carbocycles. The Morgan fingerprint density at radius 3 is 2.92 bits per heavy atom. The third-order valence-electron chi connectivity index (χ3n) is 4.89. The van der Waals surface area contributed by atoms with Crippen LogP contribution in [0.25, 0.3) is 11.4 Å². The van der Waals surface area contributed by atoms with E-state index in [-0.39, 0.29) is 11.7 Å². The van der Waals surface area contributed by atoms with Crippen molar-refractivity contribution in [2.24, 2.45) is 0 Å². The maximum absolute atomic E-state index is 13.4. The maximum atomic E-state index is 13.4. The van der Waals surface area contributed by atoms with Gasteiger partial charge in [0.15, 0.2) is 0 Å². The van der Waals surface area contributed by atoms with Crippen LogP contribution in [-0.4, -0.2) is 37.5 Å². The number of nitrogens with zero attached hydrogens (tertiary/aromatic N) is 3. The van der Waals surface area contributed by atoms with Gasteiger partial charge in [-0.25, -0.2) is 9.37 Å². The van der Waals surface area contributed by atoms with E-state index in [1.807, 2.05) is 24.8 Å². The van der Waals surface area contributed by atoms with E-state index in [0.29, 0.717) is 37.3 Å². The summed E-state index contributed by atoms with van der Waals surface area (Å²) >= 11 is 0. The van der Waals surface area contributed by atoms with Crippen LogP contribution in [-0.2, 0) is 24.2 Å². The monoisotopic (exact) mass is 353 g/mol. The third kappa shape index (κ3) is 3.00. The SMILES string of the molecule is Cc1n[nH]c(C)c1CC(=O)N1CCc2nc(-c3cccc(F)c3)[nH]c2C1. The molecule has 0 radical (unpaired) electrons. The van der Waals surface area contributed by atoms with Crippen LogP contribution in [0, 0.1) is 19.7 Å². The molecule has 134 valence electrons. The van der Waals surface area contributed by atoms with Crippen molar-refractivity contribution in [2.45, 2.75) is 33.2 Å². The predicted octanol–water partition coefficient (Wildman–Crippen LogP) is 2.68. The minimum Gasteiger partial charge on any atom is -0.340 e. The molecule has 1 aliphatic heterocycles. The van der Waals surface area contributed by atoms with Gasteiger partial charge in [-0.05, 0) is 26.0 Å². The molecule has 3 aromatic rings. The van der Waals surface area contributed by atoms with Crippen LogP contribution in [0.1, 0.15) is 28.3 Å². The number of nitrogens with one attached hydrogen (secondary N) is 2. The topological polar surface area (TPSA) is 77.7 Å². The number of carbonyl (C=O) groups is 1. The van der Waals surface area contributed by atoms with E-state index in [0.717, 1.165) is 28.3 Å². The molecular formula is C19H20FN5O. The van der Waals surface area contributed by atoms with Gasteiger partial charge in [0.1, 0.15) is 11.6 Å². The number of hydrogen-bond donors (Lipinski definition) is 2. The lowest BCUT2D eigenvalue weighted by molar-refractivity contribution is -0.131.